The Bertz CT molecular complexity index is 648. The van der Waals surface area contributed by atoms with Crippen molar-refractivity contribution in [2.45, 2.75) is 12.8 Å². The first-order chi connectivity index (χ1) is 12.1. The van der Waals surface area contributed by atoms with Crippen LogP contribution in [0.5, 0.6) is 0 Å². The van der Waals surface area contributed by atoms with Crippen molar-refractivity contribution < 1.29 is 14.5 Å². The van der Waals surface area contributed by atoms with Crippen molar-refractivity contribution in [1.82, 2.24) is 4.90 Å². The zero-order chi connectivity index (χ0) is 17.9. The van der Waals surface area contributed by atoms with Gasteiger partial charge in [0, 0.05) is 63.8 Å². The number of carbonyl (C=O) groups excluding carboxylic acids is 1. The van der Waals surface area contributed by atoms with Crippen molar-refractivity contribution in [3.8, 4) is 0 Å². The van der Waals surface area contributed by atoms with E-state index in [9.17, 15) is 14.9 Å². The Morgan fingerprint density at radius 3 is 2.37 bits per heavy atom. The molecule has 3 rings (SSSR count). The van der Waals surface area contributed by atoms with E-state index in [2.05, 4.69) is 4.90 Å². The number of nitrogens with two attached hydrogens (primary N) is 1. The molecular weight excluding hydrogens is 395 g/mol. The lowest BCUT2D eigenvalue weighted by Gasteiger charge is -2.42. The van der Waals surface area contributed by atoms with Crippen molar-refractivity contribution in [3.05, 3.63) is 34.4 Å². The van der Waals surface area contributed by atoms with Crippen LogP contribution in [-0.4, -0.2) is 61.7 Å². The zero-order valence-electron chi connectivity index (χ0n) is 15.0. The Balaban J connectivity index is 0.00000182. The molecule has 2 aliphatic rings. The molecule has 0 radical (unpaired) electrons. The zero-order valence-corrected chi connectivity index (χ0v) is 16.7. The van der Waals surface area contributed by atoms with E-state index in [-0.39, 0.29) is 41.3 Å². The summed E-state index contributed by atoms with van der Waals surface area (Å²) in [7, 11) is 0. The van der Waals surface area contributed by atoms with Crippen LogP contribution in [0.1, 0.15) is 12.8 Å². The highest BCUT2D eigenvalue weighted by molar-refractivity contribution is 5.85. The Morgan fingerprint density at radius 1 is 1.19 bits per heavy atom. The Kier molecular flexibility index (Phi) is 8.74. The van der Waals surface area contributed by atoms with Crippen molar-refractivity contribution >= 4 is 42.1 Å². The largest absolute Gasteiger partial charge is 0.381 e. The van der Waals surface area contributed by atoms with Gasteiger partial charge in [-0.1, -0.05) is 6.07 Å². The first-order valence-electron chi connectivity index (χ1n) is 8.62. The van der Waals surface area contributed by atoms with E-state index in [4.69, 9.17) is 10.5 Å². The molecule has 0 aromatic heterocycles. The van der Waals surface area contributed by atoms with Crippen molar-refractivity contribution in [2.24, 2.45) is 11.1 Å². The van der Waals surface area contributed by atoms with Gasteiger partial charge in [0.05, 0.1) is 10.3 Å². The summed E-state index contributed by atoms with van der Waals surface area (Å²) in [5, 5.41) is 10.9. The van der Waals surface area contributed by atoms with Crippen LogP contribution >= 0.6 is 24.8 Å². The highest BCUT2D eigenvalue weighted by Gasteiger charge is 2.42. The number of hydrogen-bond acceptors (Lipinski definition) is 6. The van der Waals surface area contributed by atoms with Gasteiger partial charge in [-0.2, -0.15) is 0 Å². The molecule has 1 aromatic carbocycles. The maximum atomic E-state index is 13.0. The number of ether oxygens (including phenoxy) is 1. The summed E-state index contributed by atoms with van der Waals surface area (Å²) in [5.41, 5.74) is 6.34. The molecule has 0 aliphatic carbocycles. The van der Waals surface area contributed by atoms with Gasteiger partial charge in [-0.25, -0.2) is 0 Å². The predicted molar refractivity (Wildman–Crippen MR) is 108 cm³/mol. The molecule has 27 heavy (non-hydrogen) atoms. The smallest absolute Gasteiger partial charge is 0.271 e. The van der Waals surface area contributed by atoms with E-state index in [0.29, 0.717) is 58.8 Å². The second kappa shape index (κ2) is 10.1. The van der Waals surface area contributed by atoms with E-state index >= 15 is 0 Å². The van der Waals surface area contributed by atoms with Gasteiger partial charge in [-0.05, 0) is 18.9 Å². The van der Waals surface area contributed by atoms with E-state index in [1.54, 1.807) is 12.1 Å². The van der Waals surface area contributed by atoms with Crippen molar-refractivity contribution in [3.63, 3.8) is 0 Å². The topological polar surface area (TPSA) is 102 Å². The average molecular weight is 421 g/mol. The molecular formula is C17H26Cl2N4O4. The monoisotopic (exact) mass is 420 g/mol. The number of nitrogens with zero attached hydrogens (tertiary/aromatic N) is 3. The number of non-ortho nitro benzene ring substituents is 1. The standard InChI is InChI=1S/C17H24N4O4.2ClH/c18-13-17(4-10-25-11-5-17)16(22)20-8-6-19(7-9-20)14-2-1-3-15(12-14)21(23)24;;/h1-3,12H,4-11,13,18H2;2*1H. The second-order valence-corrected chi connectivity index (χ2v) is 6.65. The van der Waals surface area contributed by atoms with Crippen LogP contribution in [0.3, 0.4) is 0 Å². The maximum Gasteiger partial charge on any atom is 0.271 e. The molecule has 0 unspecified atom stereocenters. The highest BCUT2D eigenvalue weighted by Crippen LogP contribution is 2.32. The van der Waals surface area contributed by atoms with Crippen LogP contribution in [0.4, 0.5) is 11.4 Å². The predicted octanol–water partition coefficient (Wildman–Crippen LogP) is 1.84. The van der Waals surface area contributed by atoms with E-state index in [0.717, 1.165) is 5.69 Å². The molecule has 0 bridgehead atoms. The molecule has 2 fully saturated rings. The summed E-state index contributed by atoms with van der Waals surface area (Å²) >= 11 is 0. The number of anilines is 1. The van der Waals surface area contributed by atoms with Crippen LogP contribution in [0.15, 0.2) is 24.3 Å². The fraction of sp³-hybridized carbons (Fsp3) is 0.588. The molecule has 8 nitrogen and oxygen atoms in total. The molecule has 152 valence electrons. The first-order valence-corrected chi connectivity index (χ1v) is 8.62. The summed E-state index contributed by atoms with van der Waals surface area (Å²) in [5.74, 6) is 0.122. The summed E-state index contributed by atoms with van der Waals surface area (Å²) in [6, 6.07) is 6.62. The fourth-order valence-electron chi connectivity index (χ4n) is 3.57. The second-order valence-electron chi connectivity index (χ2n) is 6.65. The van der Waals surface area contributed by atoms with Crippen LogP contribution < -0.4 is 10.6 Å². The molecule has 2 heterocycles. The number of nitro groups is 1. The van der Waals surface area contributed by atoms with Gasteiger partial charge in [0.1, 0.15) is 0 Å². The molecule has 0 spiro atoms. The third kappa shape index (κ3) is 5.01. The van der Waals surface area contributed by atoms with Gasteiger partial charge in [0.2, 0.25) is 5.91 Å². The Hall–Kier alpha value is -1.61. The van der Waals surface area contributed by atoms with Crippen molar-refractivity contribution in [1.29, 1.82) is 0 Å². The lowest BCUT2D eigenvalue weighted by atomic mass is 9.78. The normalized spacial score (nSPS) is 18.9. The van der Waals surface area contributed by atoms with Gasteiger partial charge in [-0.3, -0.25) is 14.9 Å². The number of carbonyl (C=O) groups is 1. The number of halogens is 2. The summed E-state index contributed by atoms with van der Waals surface area (Å²) in [6.07, 6.45) is 1.35. The third-order valence-corrected chi connectivity index (χ3v) is 5.27. The SMILES string of the molecule is Cl.Cl.NCC1(C(=O)N2CCN(c3cccc([N+](=O)[O-])c3)CC2)CCOCC1. The summed E-state index contributed by atoms with van der Waals surface area (Å²) < 4.78 is 5.38. The van der Waals surface area contributed by atoms with Crippen LogP contribution in [0, 0.1) is 15.5 Å². The molecule has 2 N–H and O–H groups in total. The quantitative estimate of drug-likeness (QED) is 0.588. The minimum Gasteiger partial charge on any atom is -0.381 e. The molecule has 10 heteroatoms. The Labute approximate surface area is 171 Å². The highest BCUT2D eigenvalue weighted by atomic mass is 35.5. The van der Waals surface area contributed by atoms with Gasteiger partial charge in [0.25, 0.3) is 5.69 Å². The number of rotatable bonds is 4. The van der Waals surface area contributed by atoms with Gasteiger partial charge in [0.15, 0.2) is 0 Å². The van der Waals surface area contributed by atoms with E-state index in [1.807, 2.05) is 11.0 Å². The average Bonchev–Trinajstić information content (AvgIpc) is 2.68. The minimum atomic E-state index is -0.494. The fourth-order valence-corrected chi connectivity index (χ4v) is 3.57. The molecule has 0 atom stereocenters. The third-order valence-electron chi connectivity index (χ3n) is 5.27. The maximum absolute atomic E-state index is 13.0. The lowest BCUT2D eigenvalue weighted by molar-refractivity contribution is -0.384. The summed E-state index contributed by atoms with van der Waals surface area (Å²) in [4.78, 5) is 27.5. The molecule has 1 aromatic rings. The molecule has 1 amide bonds. The lowest BCUT2D eigenvalue weighted by Crippen LogP contribution is -2.56. The molecule has 0 saturated carbocycles. The minimum absolute atomic E-state index is 0. The van der Waals surface area contributed by atoms with Gasteiger partial charge >= 0.3 is 0 Å². The number of amides is 1. The molecule has 2 saturated heterocycles. The first kappa shape index (κ1) is 23.4. The Morgan fingerprint density at radius 2 is 1.81 bits per heavy atom. The van der Waals surface area contributed by atoms with Crippen molar-refractivity contribution in [2.75, 3.05) is 50.8 Å². The van der Waals surface area contributed by atoms with E-state index in [1.165, 1.54) is 6.07 Å². The number of benzene rings is 1. The number of piperazine rings is 1. The summed E-state index contributed by atoms with van der Waals surface area (Å²) in [6.45, 7) is 4.02. The van der Waals surface area contributed by atoms with Gasteiger partial charge < -0.3 is 20.3 Å². The van der Waals surface area contributed by atoms with E-state index < -0.39 is 5.41 Å². The van der Waals surface area contributed by atoms with Crippen LogP contribution in [-0.2, 0) is 9.53 Å². The molecule has 2 aliphatic heterocycles. The number of nitro benzene ring substituents is 1. The van der Waals surface area contributed by atoms with Gasteiger partial charge in [-0.15, -0.1) is 24.8 Å². The van der Waals surface area contributed by atoms with Crippen LogP contribution in [0.25, 0.3) is 0 Å². The number of hydrogen-bond donors (Lipinski definition) is 1. The van der Waals surface area contributed by atoms with Crippen LogP contribution in [0.2, 0.25) is 0 Å².